The summed E-state index contributed by atoms with van der Waals surface area (Å²) in [5, 5.41) is 3.42. The van der Waals surface area contributed by atoms with Gasteiger partial charge in [-0.2, -0.15) is 4.98 Å². The van der Waals surface area contributed by atoms with E-state index in [1.807, 2.05) is 13.8 Å². The summed E-state index contributed by atoms with van der Waals surface area (Å²) in [6.07, 6.45) is 5.71. The lowest BCUT2D eigenvalue weighted by Gasteiger charge is -2.32. The third-order valence-corrected chi connectivity index (χ3v) is 9.39. The van der Waals surface area contributed by atoms with Crippen LogP contribution >= 0.6 is 11.6 Å². The molecule has 2 heterocycles. The molecule has 13 heteroatoms. The molecule has 5 rings (SSSR count). The summed E-state index contributed by atoms with van der Waals surface area (Å²) >= 11 is 6.03. The zero-order valence-corrected chi connectivity index (χ0v) is 25.4. The second-order valence-electron chi connectivity index (χ2n) is 11.0. The van der Waals surface area contributed by atoms with Gasteiger partial charge in [-0.25, -0.2) is 22.8 Å². The quantitative estimate of drug-likeness (QED) is 0.274. The van der Waals surface area contributed by atoms with Crippen LogP contribution in [0.5, 0.6) is 0 Å². The second kappa shape index (κ2) is 11.9. The van der Waals surface area contributed by atoms with Crippen LogP contribution in [0.2, 0.25) is 5.02 Å². The van der Waals surface area contributed by atoms with Gasteiger partial charge in [0.25, 0.3) is 15.6 Å². The van der Waals surface area contributed by atoms with E-state index in [0.717, 1.165) is 31.7 Å². The highest BCUT2D eigenvalue weighted by Gasteiger charge is 2.24. The molecule has 0 amide bonds. The first-order valence-electron chi connectivity index (χ1n) is 13.7. The van der Waals surface area contributed by atoms with Gasteiger partial charge >= 0.3 is 0 Å². The summed E-state index contributed by atoms with van der Waals surface area (Å²) in [6, 6.07) is 10.2. The first-order chi connectivity index (χ1) is 19.9. The third-order valence-electron chi connectivity index (χ3n) is 7.52. The number of aromatic nitrogens is 4. The monoisotopic (exact) mass is 613 g/mol. The minimum Gasteiger partial charge on any atom is -0.351 e. The van der Waals surface area contributed by atoms with Gasteiger partial charge in [-0.3, -0.25) is 14.1 Å². The van der Waals surface area contributed by atoms with E-state index in [1.54, 1.807) is 12.3 Å². The molecule has 1 aliphatic carbocycles. The van der Waals surface area contributed by atoms with Crippen molar-refractivity contribution in [3.05, 3.63) is 69.9 Å². The normalized spacial score (nSPS) is 17.6. The van der Waals surface area contributed by atoms with Gasteiger partial charge in [0.05, 0.1) is 16.9 Å². The van der Waals surface area contributed by atoms with E-state index in [1.165, 1.54) is 34.9 Å². The average molecular weight is 614 g/mol. The van der Waals surface area contributed by atoms with Gasteiger partial charge < -0.3 is 10.2 Å². The molecule has 0 saturated heterocycles. The molecule has 4 aromatic rings. The average Bonchev–Trinajstić information content (AvgIpc) is 2.94. The molecule has 1 saturated carbocycles. The molecule has 2 aromatic heterocycles. The molecule has 1 fully saturated rings. The van der Waals surface area contributed by atoms with E-state index in [-0.39, 0.29) is 38.9 Å². The topological polar surface area (TPSA) is 122 Å². The number of rotatable bonds is 8. The summed E-state index contributed by atoms with van der Waals surface area (Å²) in [7, 11) is 0.0533. The van der Waals surface area contributed by atoms with Crippen LogP contribution in [0.1, 0.15) is 45.6 Å². The molecule has 0 spiro atoms. The molecule has 2 aromatic carbocycles. The van der Waals surface area contributed by atoms with Crippen molar-refractivity contribution in [2.45, 2.75) is 62.6 Å². The predicted octanol–water partition coefficient (Wildman–Crippen LogP) is 5.31. The maximum atomic E-state index is 15.2. The Morgan fingerprint density at radius 3 is 2.43 bits per heavy atom. The van der Waals surface area contributed by atoms with Crippen LogP contribution < -0.4 is 15.6 Å². The van der Waals surface area contributed by atoms with Gasteiger partial charge in [0.2, 0.25) is 5.95 Å². The number of anilines is 2. The highest BCUT2D eigenvalue weighted by Crippen LogP contribution is 2.28. The lowest BCUT2D eigenvalue weighted by atomic mass is 9.91. The van der Waals surface area contributed by atoms with Gasteiger partial charge in [-0.05, 0) is 77.9 Å². The third kappa shape index (κ3) is 6.11. The fourth-order valence-corrected chi connectivity index (χ4v) is 6.85. The van der Waals surface area contributed by atoms with Crippen molar-refractivity contribution < 1.29 is 12.8 Å². The van der Waals surface area contributed by atoms with E-state index in [9.17, 15) is 13.2 Å². The Balaban J connectivity index is 1.45. The van der Waals surface area contributed by atoms with Crippen molar-refractivity contribution in [2.24, 2.45) is 0 Å². The van der Waals surface area contributed by atoms with Crippen molar-refractivity contribution in [3.8, 4) is 11.3 Å². The van der Waals surface area contributed by atoms with E-state index >= 15 is 4.39 Å². The second-order valence-corrected chi connectivity index (χ2v) is 13.0. The summed E-state index contributed by atoms with van der Waals surface area (Å²) in [5.41, 5.74) is 0.211. The number of hydrogen-bond acceptors (Lipinski definition) is 8. The Bertz CT molecular complexity index is 1790. The van der Waals surface area contributed by atoms with E-state index < -0.39 is 21.4 Å². The summed E-state index contributed by atoms with van der Waals surface area (Å²) in [6.45, 7) is 3.71. The molecule has 1 aliphatic rings. The standard InChI is InChI=1S/C29H33ClFN7O3S/c1-17(2)38-27-24(16-32-29(35-27)33-19-10-12-20(13-11-19)37(3)4)34-26(28(38)39)18-9-14-23(22(31)15-18)36-42(40,41)25-8-6-5-7-21(25)30/h5-9,14-17,19-20,36H,10-13H2,1-4H3,(H,32,33,35)/t19-,20-. The van der Waals surface area contributed by atoms with Crippen LogP contribution in [0, 0.1) is 5.82 Å². The van der Waals surface area contributed by atoms with Gasteiger partial charge in [-0.1, -0.05) is 29.8 Å². The molecule has 0 unspecified atom stereocenters. The van der Waals surface area contributed by atoms with E-state index in [4.69, 9.17) is 11.6 Å². The molecule has 2 N–H and O–H groups in total. The number of benzene rings is 2. The molecule has 222 valence electrons. The molecule has 10 nitrogen and oxygen atoms in total. The fourth-order valence-electron chi connectivity index (χ4n) is 5.26. The molecular formula is C29H33ClFN7O3S. The van der Waals surface area contributed by atoms with E-state index in [2.05, 4.69) is 44.0 Å². The minimum atomic E-state index is -4.15. The van der Waals surface area contributed by atoms with Crippen molar-refractivity contribution in [1.29, 1.82) is 0 Å². The first kappa shape index (κ1) is 29.9. The van der Waals surface area contributed by atoms with Crippen LogP contribution in [0.25, 0.3) is 22.4 Å². The zero-order valence-electron chi connectivity index (χ0n) is 23.8. The summed E-state index contributed by atoms with van der Waals surface area (Å²) in [5.74, 6) is -0.444. The minimum absolute atomic E-state index is 0.00179. The van der Waals surface area contributed by atoms with Crippen LogP contribution in [0.3, 0.4) is 0 Å². The van der Waals surface area contributed by atoms with Crippen molar-refractivity contribution >= 4 is 44.4 Å². The SMILES string of the molecule is CC(C)n1c(=O)c(-c2ccc(NS(=O)(=O)c3ccccc3Cl)c(F)c2)nc2cnc(N[C@H]3CC[C@H](N(C)C)CC3)nc21. The van der Waals surface area contributed by atoms with Crippen molar-refractivity contribution in [3.63, 3.8) is 0 Å². The predicted molar refractivity (Wildman–Crippen MR) is 163 cm³/mol. The molecule has 0 radical (unpaired) electrons. The zero-order chi connectivity index (χ0) is 30.2. The number of nitrogens with one attached hydrogen (secondary N) is 2. The van der Waals surface area contributed by atoms with Gasteiger partial charge in [0.15, 0.2) is 5.65 Å². The largest absolute Gasteiger partial charge is 0.351 e. The maximum Gasteiger partial charge on any atom is 0.278 e. The summed E-state index contributed by atoms with van der Waals surface area (Å²) < 4.78 is 44.5. The Kier molecular flexibility index (Phi) is 8.49. The number of nitrogens with zero attached hydrogens (tertiary/aromatic N) is 5. The number of sulfonamides is 1. The Hall–Kier alpha value is -3.61. The smallest absolute Gasteiger partial charge is 0.278 e. The van der Waals surface area contributed by atoms with Crippen LogP contribution in [-0.4, -0.2) is 59.0 Å². The summed E-state index contributed by atoms with van der Waals surface area (Å²) in [4.78, 5) is 29.3. The molecular weight excluding hydrogens is 581 g/mol. The molecule has 0 bridgehead atoms. The first-order valence-corrected chi connectivity index (χ1v) is 15.6. The maximum absolute atomic E-state index is 15.2. The fraction of sp³-hybridized carbons (Fsp3) is 0.379. The van der Waals surface area contributed by atoms with Gasteiger partial charge in [-0.15, -0.1) is 0 Å². The van der Waals surface area contributed by atoms with Gasteiger partial charge in [0.1, 0.15) is 21.9 Å². The van der Waals surface area contributed by atoms with Crippen LogP contribution in [0.4, 0.5) is 16.0 Å². The Labute approximate surface area is 249 Å². The van der Waals surface area contributed by atoms with Crippen LogP contribution in [-0.2, 0) is 10.0 Å². The molecule has 42 heavy (non-hydrogen) atoms. The Morgan fingerprint density at radius 2 is 1.79 bits per heavy atom. The highest BCUT2D eigenvalue weighted by atomic mass is 35.5. The molecule has 0 aliphatic heterocycles. The van der Waals surface area contributed by atoms with E-state index in [0.29, 0.717) is 23.2 Å². The van der Waals surface area contributed by atoms with Crippen LogP contribution in [0.15, 0.2) is 58.4 Å². The Morgan fingerprint density at radius 1 is 1.07 bits per heavy atom. The lowest BCUT2D eigenvalue weighted by Crippen LogP contribution is -2.36. The number of hydrogen-bond donors (Lipinski definition) is 2. The van der Waals surface area contributed by atoms with Crippen molar-refractivity contribution in [2.75, 3.05) is 24.1 Å². The lowest BCUT2D eigenvalue weighted by molar-refractivity contribution is 0.221. The van der Waals surface area contributed by atoms with Gasteiger partial charge in [0, 0.05) is 23.7 Å². The number of halogens is 2. The van der Waals surface area contributed by atoms with Crippen molar-refractivity contribution in [1.82, 2.24) is 24.4 Å². The highest BCUT2D eigenvalue weighted by molar-refractivity contribution is 7.92. The molecule has 0 atom stereocenters. The number of fused-ring (bicyclic) bond motifs is 1.